The third kappa shape index (κ3) is 5.56. The fourth-order valence-electron chi connectivity index (χ4n) is 1.41. The molecule has 0 fully saturated rings. The van der Waals surface area contributed by atoms with E-state index in [1.807, 2.05) is 6.92 Å². The standard InChI is InChI=1S/C11H22O6/c1-2-3-4-5-7(13)9(15)11(17)10(16)8(14)6-12/h8-12,14-17H,2-6H2,1H3/t8-,9+,10-,11-/m1/s1. The van der Waals surface area contributed by atoms with E-state index in [0.29, 0.717) is 6.42 Å². The van der Waals surface area contributed by atoms with Gasteiger partial charge in [-0.2, -0.15) is 0 Å². The third-order valence-electron chi connectivity index (χ3n) is 2.61. The summed E-state index contributed by atoms with van der Waals surface area (Å²) in [6, 6.07) is 0. The number of carbonyl (C=O) groups excluding carboxylic acids is 1. The molecule has 0 aliphatic carbocycles. The van der Waals surface area contributed by atoms with Crippen molar-refractivity contribution >= 4 is 5.78 Å². The average molecular weight is 250 g/mol. The molecule has 6 heteroatoms. The minimum absolute atomic E-state index is 0.119. The van der Waals surface area contributed by atoms with Crippen molar-refractivity contribution < 1.29 is 30.3 Å². The monoisotopic (exact) mass is 250 g/mol. The van der Waals surface area contributed by atoms with E-state index in [4.69, 9.17) is 10.2 Å². The fraction of sp³-hybridized carbons (Fsp3) is 0.909. The lowest BCUT2D eigenvalue weighted by Crippen LogP contribution is -2.48. The van der Waals surface area contributed by atoms with Crippen LogP contribution in [0.15, 0.2) is 0 Å². The van der Waals surface area contributed by atoms with Crippen molar-refractivity contribution in [1.82, 2.24) is 0 Å². The van der Waals surface area contributed by atoms with Crippen molar-refractivity contribution in [1.29, 1.82) is 0 Å². The predicted octanol–water partition coefficient (Wildman–Crippen LogP) is -1.43. The lowest BCUT2D eigenvalue weighted by molar-refractivity contribution is -0.147. The summed E-state index contributed by atoms with van der Waals surface area (Å²) in [5.41, 5.74) is 0. The maximum absolute atomic E-state index is 11.4. The van der Waals surface area contributed by atoms with Gasteiger partial charge in [0.25, 0.3) is 0 Å². The molecule has 0 spiro atoms. The van der Waals surface area contributed by atoms with Crippen molar-refractivity contribution in [2.24, 2.45) is 0 Å². The molecule has 0 saturated heterocycles. The van der Waals surface area contributed by atoms with Crippen molar-refractivity contribution in [2.75, 3.05) is 6.61 Å². The van der Waals surface area contributed by atoms with Crippen LogP contribution >= 0.6 is 0 Å². The number of Topliss-reactive ketones (excluding diaryl/α,β-unsaturated/α-hetero) is 1. The zero-order valence-electron chi connectivity index (χ0n) is 9.99. The van der Waals surface area contributed by atoms with Crippen LogP contribution in [-0.2, 0) is 4.79 Å². The molecule has 0 amide bonds. The number of unbranched alkanes of at least 4 members (excludes halogenated alkanes) is 2. The first-order chi connectivity index (χ1) is 7.95. The lowest BCUT2D eigenvalue weighted by Gasteiger charge is -2.24. The van der Waals surface area contributed by atoms with Gasteiger partial charge in [0, 0.05) is 6.42 Å². The van der Waals surface area contributed by atoms with Gasteiger partial charge in [-0.15, -0.1) is 0 Å². The fourth-order valence-corrected chi connectivity index (χ4v) is 1.41. The molecule has 0 aromatic heterocycles. The quantitative estimate of drug-likeness (QED) is 0.320. The SMILES string of the molecule is CCCCCC(=O)[C@H](O)[C@@H](O)[C@H](O)[C@H](O)CO. The van der Waals surface area contributed by atoms with Gasteiger partial charge in [0.15, 0.2) is 5.78 Å². The molecule has 0 aliphatic rings. The summed E-state index contributed by atoms with van der Waals surface area (Å²) in [5, 5.41) is 45.8. The Kier molecular flexibility index (Phi) is 8.28. The highest BCUT2D eigenvalue weighted by Crippen LogP contribution is 2.09. The number of rotatable bonds is 9. The largest absolute Gasteiger partial charge is 0.394 e. The number of carbonyl (C=O) groups is 1. The molecule has 0 aliphatic heterocycles. The summed E-state index contributed by atoms with van der Waals surface area (Å²) in [6.45, 7) is 1.21. The summed E-state index contributed by atoms with van der Waals surface area (Å²) < 4.78 is 0. The number of ketones is 1. The highest BCUT2D eigenvalue weighted by atomic mass is 16.4. The molecular weight excluding hydrogens is 228 g/mol. The smallest absolute Gasteiger partial charge is 0.164 e. The Morgan fingerprint density at radius 2 is 1.65 bits per heavy atom. The Morgan fingerprint density at radius 1 is 1.06 bits per heavy atom. The maximum atomic E-state index is 11.4. The van der Waals surface area contributed by atoms with Crippen molar-refractivity contribution in [2.45, 2.75) is 57.0 Å². The van der Waals surface area contributed by atoms with Gasteiger partial charge < -0.3 is 25.5 Å². The maximum Gasteiger partial charge on any atom is 0.164 e. The molecule has 102 valence electrons. The second kappa shape index (κ2) is 8.54. The van der Waals surface area contributed by atoms with E-state index >= 15 is 0 Å². The summed E-state index contributed by atoms with van der Waals surface area (Å²) in [7, 11) is 0. The molecule has 0 rings (SSSR count). The van der Waals surface area contributed by atoms with Crippen LogP contribution in [0.2, 0.25) is 0 Å². The van der Waals surface area contributed by atoms with Crippen LogP contribution in [0.3, 0.4) is 0 Å². The molecule has 4 atom stereocenters. The van der Waals surface area contributed by atoms with Gasteiger partial charge >= 0.3 is 0 Å². The minimum Gasteiger partial charge on any atom is -0.394 e. The number of aliphatic hydroxyl groups is 5. The Labute approximate surface area is 101 Å². The van der Waals surface area contributed by atoms with E-state index in [0.717, 1.165) is 12.8 Å². The molecule has 0 saturated carbocycles. The van der Waals surface area contributed by atoms with E-state index in [2.05, 4.69) is 0 Å². The predicted molar refractivity (Wildman–Crippen MR) is 60.3 cm³/mol. The normalized spacial score (nSPS) is 18.5. The molecule has 17 heavy (non-hydrogen) atoms. The van der Waals surface area contributed by atoms with Crippen LogP contribution in [0, 0.1) is 0 Å². The van der Waals surface area contributed by atoms with E-state index in [1.54, 1.807) is 0 Å². The molecule has 6 nitrogen and oxygen atoms in total. The first kappa shape index (κ1) is 16.5. The zero-order chi connectivity index (χ0) is 13.4. The second-order valence-electron chi connectivity index (χ2n) is 4.10. The molecule has 0 aromatic rings. The first-order valence-corrected chi connectivity index (χ1v) is 5.81. The molecule has 0 heterocycles. The molecule has 5 N–H and O–H groups in total. The second-order valence-corrected chi connectivity index (χ2v) is 4.10. The number of hydrogen-bond acceptors (Lipinski definition) is 6. The van der Waals surface area contributed by atoms with Gasteiger partial charge in [-0.3, -0.25) is 4.79 Å². The van der Waals surface area contributed by atoms with Gasteiger partial charge in [-0.1, -0.05) is 19.8 Å². The van der Waals surface area contributed by atoms with Gasteiger partial charge in [0.1, 0.15) is 24.4 Å². The number of hydrogen-bond donors (Lipinski definition) is 5. The van der Waals surface area contributed by atoms with Crippen LogP contribution in [-0.4, -0.2) is 62.3 Å². The van der Waals surface area contributed by atoms with E-state index in [9.17, 15) is 20.1 Å². The van der Waals surface area contributed by atoms with E-state index < -0.39 is 36.8 Å². The molecular formula is C11H22O6. The highest BCUT2D eigenvalue weighted by molar-refractivity contribution is 5.83. The van der Waals surface area contributed by atoms with Crippen LogP contribution in [0.4, 0.5) is 0 Å². The average Bonchev–Trinajstić information content (AvgIpc) is 2.35. The van der Waals surface area contributed by atoms with E-state index in [1.165, 1.54) is 0 Å². The highest BCUT2D eigenvalue weighted by Gasteiger charge is 2.33. The zero-order valence-corrected chi connectivity index (χ0v) is 9.99. The Morgan fingerprint density at radius 3 is 2.12 bits per heavy atom. The lowest BCUT2D eigenvalue weighted by atomic mass is 9.97. The number of aliphatic hydroxyl groups excluding tert-OH is 5. The van der Waals surface area contributed by atoms with Crippen molar-refractivity contribution in [3.05, 3.63) is 0 Å². The van der Waals surface area contributed by atoms with Crippen LogP contribution in [0.5, 0.6) is 0 Å². The summed E-state index contributed by atoms with van der Waals surface area (Å²) in [5.74, 6) is -0.574. The van der Waals surface area contributed by atoms with Gasteiger partial charge in [0.2, 0.25) is 0 Å². The van der Waals surface area contributed by atoms with Crippen molar-refractivity contribution in [3.63, 3.8) is 0 Å². The summed E-state index contributed by atoms with van der Waals surface area (Å²) in [6.07, 6.45) is -4.34. The third-order valence-corrected chi connectivity index (χ3v) is 2.61. The summed E-state index contributed by atoms with van der Waals surface area (Å²) in [4.78, 5) is 11.4. The molecule has 0 aromatic carbocycles. The van der Waals surface area contributed by atoms with Gasteiger partial charge in [-0.05, 0) is 6.42 Å². The van der Waals surface area contributed by atoms with Gasteiger partial charge in [-0.25, -0.2) is 0 Å². The van der Waals surface area contributed by atoms with Crippen molar-refractivity contribution in [3.8, 4) is 0 Å². The van der Waals surface area contributed by atoms with Crippen LogP contribution < -0.4 is 0 Å². The Bertz CT molecular complexity index is 220. The summed E-state index contributed by atoms with van der Waals surface area (Å²) >= 11 is 0. The van der Waals surface area contributed by atoms with E-state index in [-0.39, 0.29) is 6.42 Å². The topological polar surface area (TPSA) is 118 Å². The Balaban J connectivity index is 4.18. The molecule has 0 bridgehead atoms. The van der Waals surface area contributed by atoms with Gasteiger partial charge in [0.05, 0.1) is 6.61 Å². The van der Waals surface area contributed by atoms with Crippen LogP contribution in [0.1, 0.15) is 32.6 Å². The first-order valence-electron chi connectivity index (χ1n) is 5.81. The molecule has 0 radical (unpaired) electrons. The van der Waals surface area contributed by atoms with Crippen LogP contribution in [0.25, 0.3) is 0 Å². The molecule has 0 unspecified atom stereocenters. The Hall–Kier alpha value is -0.530. The minimum atomic E-state index is -1.79.